The highest BCUT2D eigenvalue weighted by Crippen LogP contribution is 2.25. The second-order valence-corrected chi connectivity index (χ2v) is 6.45. The van der Waals surface area contributed by atoms with E-state index in [1.54, 1.807) is 18.2 Å². The van der Waals surface area contributed by atoms with Crippen molar-refractivity contribution in [2.75, 3.05) is 13.7 Å². The van der Waals surface area contributed by atoms with Gasteiger partial charge in [0, 0.05) is 5.56 Å². The highest BCUT2D eigenvalue weighted by Gasteiger charge is 2.16. The van der Waals surface area contributed by atoms with Gasteiger partial charge in [-0.2, -0.15) is 0 Å². The molecule has 0 unspecified atom stereocenters. The van der Waals surface area contributed by atoms with Gasteiger partial charge in [-0.25, -0.2) is 4.79 Å². The maximum atomic E-state index is 12.2. The minimum Gasteiger partial charge on any atom is -0.495 e. The average Bonchev–Trinajstić information content (AvgIpc) is 2.65. The Bertz CT molecular complexity index is 813. The number of carbonyl (C=O) groups excluding carboxylic acids is 2. The Balaban J connectivity index is 1.64. The van der Waals surface area contributed by atoms with Crippen molar-refractivity contribution in [3.63, 3.8) is 0 Å². The molecule has 2 aromatic rings. The fourth-order valence-corrected chi connectivity index (χ4v) is 3.26. The molecule has 0 saturated carbocycles. The van der Waals surface area contributed by atoms with Crippen LogP contribution in [0.2, 0.25) is 5.02 Å². The molecule has 0 spiro atoms. The Labute approximate surface area is 151 Å². The van der Waals surface area contributed by atoms with Crippen LogP contribution in [-0.4, -0.2) is 25.5 Å². The number of benzene rings is 2. The minimum atomic E-state index is -0.485. The predicted octanol–water partition coefficient (Wildman–Crippen LogP) is 4.27. The molecule has 25 heavy (non-hydrogen) atoms. The molecular weight excluding hydrogens is 340 g/mol. The summed E-state index contributed by atoms with van der Waals surface area (Å²) in [5.41, 5.74) is 3.37. The smallest absolute Gasteiger partial charge is 0.338 e. The summed E-state index contributed by atoms with van der Waals surface area (Å²) < 4.78 is 10.2. The van der Waals surface area contributed by atoms with E-state index in [9.17, 15) is 9.59 Å². The molecule has 0 saturated heterocycles. The Morgan fingerprint density at radius 2 is 1.72 bits per heavy atom. The third-order valence-corrected chi connectivity index (χ3v) is 4.69. The molecule has 5 heteroatoms. The third kappa shape index (κ3) is 4.02. The molecule has 0 aliphatic heterocycles. The highest BCUT2D eigenvalue weighted by molar-refractivity contribution is 6.32. The Kier molecular flexibility index (Phi) is 5.39. The number of methoxy groups -OCH3 is 1. The van der Waals surface area contributed by atoms with Crippen LogP contribution in [0, 0.1) is 0 Å². The zero-order valence-corrected chi connectivity index (χ0v) is 14.8. The van der Waals surface area contributed by atoms with Gasteiger partial charge in [-0.1, -0.05) is 17.7 Å². The van der Waals surface area contributed by atoms with Gasteiger partial charge in [0.25, 0.3) is 0 Å². The molecule has 0 atom stereocenters. The van der Waals surface area contributed by atoms with E-state index in [4.69, 9.17) is 21.1 Å². The number of hydrogen-bond donors (Lipinski definition) is 0. The molecule has 2 aromatic carbocycles. The van der Waals surface area contributed by atoms with Crippen LogP contribution in [0.15, 0.2) is 36.4 Å². The van der Waals surface area contributed by atoms with Gasteiger partial charge in [0.15, 0.2) is 12.4 Å². The molecule has 0 aromatic heterocycles. The summed E-state index contributed by atoms with van der Waals surface area (Å²) in [6.07, 6.45) is 4.37. The second-order valence-electron chi connectivity index (χ2n) is 6.04. The lowest BCUT2D eigenvalue weighted by Crippen LogP contribution is -2.15. The Morgan fingerprint density at radius 3 is 2.44 bits per heavy atom. The number of fused-ring (bicyclic) bond motifs is 1. The van der Waals surface area contributed by atoms with Crippen LogP contribution in [0.3, 0.4) is 0 Å². The van der Waals surface area contributed by atoms with Crippen molar-refractivity contribution in [1.82, 2.24) is 0 Å². The van der Waals surface area contributed by atoms with Gasteiger partial charge in [0.1, 0.15) is 5.75 Å². The fourth-order valence-electron chi connectivity index (χ4n) is 3.00. The Morgan fingerprint density at radius 1 is 1.00 bits per heavy atom. The molecule has 0 N–H and O–H groups in total. The normalized spacial score (nSPS) is 13.0. The van der Waals surface area contributed by atoms with E-state index >= 15 is 0 Å². The number of ketones is 1. The molecule has 4 nitrogen and oxygen atoms in total. The van der Waals surface area contributed by atoms with Gasteiger partial charge in [-0.3, -0.25) is 4.79 Å². The van der Waals surface area contributed by atoms with Crippen molar-refractivity contribution >= 4 is 23.4 Å². The van der Waals surface area contributed by atoms with Gasteiger partial charge >= 0.3 is 5.97 Å². The van der Waals surface area contributed by atoms with Crippen molar-refractivity contribution in [2.24, 2.45) is 0 Å². The van der Waals surface area contributed by atoms with Gasteiger partial charge in [0.05, 0.1) is 17.7 Å². The number of esters is 1. The summed E-state index contributed by atoms with van der Waals surface area (Å²) in [6.45, 7) is -0.321. The van der Waals surface area contributed by atoms with Crippen LogP contribution in [0.5, 0.6) is 5.75 Å². The number of ether oxygens (including phenoxy) is 2. The zero-order valence-electron chi connectivity index (χ0n) is 14.0. The standard InChI is InChI=1S/C20H19ClO4/c1-24-19-9-8-15(11-17(19)21)18(22)12-25-20(23)16-7-6-13-4-2-3-5-14(13)10-16/h6-11H,2-5,12H2,1H3. The van der Waals surface area contributed by atoms with Crippen LogP contribution in [-0.2, 0) is 17.6 Å². The Hall–Kier alpha value is -2.33. The first-order valence-electron chi connectivity index (χ1n) is 8.24. The molecule has 0 amide bonds. The monoisotopic (exact) mass is 358 g/mol. The summed E-state index contributed by atoms with van der Waals surface area (Å²) in [5, 5.41) is 0.342. The topological polar surface area (TPSA) is 52.6 Å². The summed E-state index contributed by atoms with van der Waals surface area (Å²) >= 11 is 6.01. The largest absolute Gasteiger partial charge is 0.495 e. The van der Waals surface area contributed by atoms with Gasteiger partial charge in [-0.15, -0.1) is 0 Å². The maximum Gasteiger partial charge on any atom is 0.338 e. The van der Waals surface area contributed by atoms with Crippen molar-refractivity contribution in [1.29, 1.82) is 0 Å². The van der Waals surface area contributed by atoms with Gasteiger partial charge in [-0.05, 0) is 67.1 Å². The predicted molar refractivity (Wildman–Crippen MR) is 95.7 cm³/mol. The second kappa shape index (κ2) is 7.70. The van der Waals surface area contributed by atoms with E-state index < -0.39 is 5.97 Å². The quantitative estimate of drug-likeness (QED) is 0.591. The minimum absolute atomic E-state index is 0.309. The summed E-state index contributed by atoms with van der Waals surface area (Å²) in [5.74, 6) is -0.304. The van der Waals surface area contributed by atoms with Crippen molar-refractivity contribution < 1.29 is 19.1 Å². The molecule has 1 aliphatic rings. The van der Waals surface area contributed by atoms with Crippen LogP contribution in [0.1, 0.15) is 44.7 Å². The molecule has 0 fully saturated rings. The summed E-state index contributed by atoms with van der Waals surface area (Å²) in [7, 11) is 1.50. The third-order valence-electron chi connectivity index (χ3n) is 4.39. The molecule has 0 heterocycles. The molecule has 3 rings (SSSR count). The zero-order chi connectivity index (χ0) is 17.8. The van der Waals surface area contributed by atoms with E-state index in [2.05, 4.69) is 0 Å². The molecular formula is C20H19ClO4. The van der Waals surface area contributed by atoms with Crippen molar-refractivity contribution in [3.05, 3.63) is 63.7 Å². The summed E-state index contributed by atoms with van der Waals surface area (Å²) in [4.78, 5) is 24.4. The highest BCUT2D eigenvalue weighted by atomic mass is 35.5. The van der Waals surface area contributed by atoms with E-state index in [1.165, 1.54) is 30.7 Å². The van der Waals surface area contributed by atoms with Crippen LogP contribution in [0.25, 0.3) is 0 Å². The van der Waals surface area contributed by atoms with Crippen molar-refractivity contribution in [3.8, 4) is 5.75 Å². The first-order valence-corrected chi connectivity index (χ1v) is 8.62. The fraction of sp³-hybridized carbons (Fsp3) is 0.300. The average molecular weight is 359 g/mol. The number of carbonyl (C=O) groups is 2. The molecule has 1 aliphatic carbocycles. The lowest BCUT2D eigenvalue weighted by atomic mass is 9.90. The summed E-state index contributed by atoms with van der Waals surface area (Å²) in [6, 6.07) is 10.3. The number of hydrogen-bond acceptors (Lipinski definition) is 4. The van der Waals surface area contributed by atoms with E-state index in [1.807, 2.05) is 12.1 Å². The first-order chi connectivity index (χ1) is 12.1. The number of rotatable bonds is 5. The number of Topliss-reactive ketones (excluding diaryl/α,β-unsaturated/α-hetero) is 1. The number of aryl methyl sites for hydroxylation is 2. The van der Waals surface area contributed by atoms with E-state index in [0.29, 0.717) is 21.9 Å². The van der Waals surface area contributed by atoms with Crippen LogP contribution >= 0.6 is 11.6 Å². The first kappa shape index (κ1) is 17.5. The lowest BCUT2D eigenvalue weighted by molar-refractivity contribution is 0.0474. The molecule has 130 valence electrons. The van der Waals surface area contributed by atoms with Crippen LogP contribution in [0.4, 0.5) is 0 Å². The molecule has 0 radical (unpaired) electrons. The molecule has 0 bridgehead atoms. The van der Waals surface area contributed by atoms with Gasteiger partial charge < -0.3 is 9.47 Å². The maximum absolute atomic E-state index is 12.2. The van der Waals surface area contributed by atoms with Crippen LogP contribution < -0.4 is 4.74 Å². The number of halogens is 1. The van der Waals surface area contributed by atoms with E-state index in [0.717, 1.165) is 19.3 Å². The van der Waals surface area contributed by atoms with E-state index in [-0.39, 0.29) is 12.4 Å². The van der Waals surface area contributed by atoms with Gasteiger partial charge in [0.2, 0.25) is 0 Å². The SMILES string of the molecule is COc1ccc(C(=O)COC(=O)c2ccc3c(c2)CCCC3)cc1Cl. The van der Waals surface area contributed by atoms with Crippen molar-refractivity contribution in [2.45, 2.75) is 25.7 Å². The lowest BCUT2D eigenvalue weighted by Gasteiger charge is -2.16.